The lowest BCUT2D eigenvalue weighted by Crippen LogP contribution is -2.10. The zero-order valence-electron chi connectivity index (χ0n) is 22.8. The third kappa shape index (κ3) is 4.32. The molecule has 0 atom stereocenters. The van der Waals surface area contributed by atoms with Gasteiger partial charge < -0.3 is 4.90 Å². The monoisotopic (exact) mass is 554 g/mol. The Morgan fingerprint density at radius 3 is 1.88 bits per heavy atom. The summed E-state index contributed by atoms with van der Waals surface area (Å²) in [5.74, 6) is 0. The molecule has 0 radical (unpaired) electrons. The highest BCUT2D eigenvalue weighted by atomic mass is 32.1. The van der Waals surface area contributed by atoms with E-state index in [1.165, 1.54) is 48.5 Å². The Morgan fingerprint density at radius 2 is 1.10 bits per heavy atom. The third-order valence-electron chi connectivity index (χ3n) is 7.90. The number of hydrogen-bond donors (Lipinski definition) is 0. The van der Waals surface area contributed by atoms with Crippen molar-refractivity contribution in [3.8, 4) is 22.3 Å². The molecule has 8 aromatic rings. The van der Waals surface area contributed by atoms with Crippen LogP contribution in [0.3, 0.4) is 0 Å². The molecule has 8 rings (SSSR count). The van der Waals surface area contributed by atoms with Crippen LogP contribution in [0.5, 0.6) is 0 Å². The molecule has 2 heterocycles. The van der Waals surface area contributed by atoms with Gasteiger partial charge in [0.15, 0.2) is 0 Å². The van der Waals surface area contributed by atoms with E-state index in [2.05, 4.69) is 157 Å². The molecule has 0 N–H and O–H groups in total. The highest BCUT2D eigenvalue weighted by molar-refractivity contribution is 7.25. The second-order valence-electron chi connectivity index (χ2n) is 10.5. The number of fused-ring (bicyclic) bond motifs is 4. The van der Waals surface area contributed by atoms with Crippen LogP contribution in [0.1, 0.15) is 0 Å². The van der Waals surface area contributed by atoms with Gasteiger partial charge in [0.05, 0.1) is 11.9 Å². The van der Waals surface area contributed by atoms with E-state index in [-0.39, 0.29) is 0 Å². The number of rotatable bonds is 5. The van der Waals surface area contributed by atoms with Crippen LogP contribution in [-0.2, 0) is 0 Å². The van der Waals surface area contributed by atoms with Gasteiger partial charge >= 0.3 is 0 Å². The van der Waals surface area contributed by atoms with Crippen LogP contribution in [0, 0.1) is 0 Å². The lowest BCUT2D eigenvalue weighted by Gasteiger charge is -2.27. The maximum absolute atomic E-state index is 4.98. The smallest absolute Gasteiger partial charge is 0.124 e. The molecule has 3 heteroatoms. The maximum atomic E-state index is 4.98. The number of anilines is 3. The molecule has 42 heavy (non-hydrogen) atoms. The van der Waals surface area contributed by atoms with Crippen molar-refractivity contribution in [3.05, 3.63) is 158 Å². The standard InChI is InChI=1S/C39H26N2S/c1-3-11-27(12-4-1)28-19-21-31(22-20-28)41(33-25-37-35-17-9-10-18-38(35)42-39(37)40-26-33)32-23-30-15-7-8-16-34(30)36(24-32)29-13-5-2-6-14-29/h1-26H. The fourth-order valence-electron chi connectivity index (χ4n) is 5.88. The quantitative estimate of drug-likeness (QED) is 0.210. The van der Waals surface area contributed by atoms with Crippen LogP contribution in [-0.4, -0.2) is 4.98 Å². The molecular formula is C39H26N2S. The van der Waals surface area contributed by atoms with Crippen LogP contribution in [0.25, 0.3) is 53.3 Å². The average Bonchev–Trinajstić information content (AvgIpc) is 3.44. The molecule has 2 nitrogen and oxygen atoms in total. The Hall–Kier alpha value is -5.25. The normalized spacial score (nSPS) is 11.3. The molecule has 6 aromatic carbocycles. The van der Waals surface area contributed by atoms with Gasteiger partial charge in [-0.15, -0.1) is 11.3 Å². The summed E-state index contributed by atoms with van der Waals surface area (Å²) >= 11 is 1.75. The molecule has 0 aliphatic carbocycles. The first-order valence-electron chi connectivity index (χ1n) is 14.1. The molecule has 0 bridgehead atoms. The number of nitrogens with zero attached hydrogens (tertiary/aromatic N) is 2. The minimum Gasteiger partial charge on any atom is -0.309 e. The van der Waals surface area contributed by atoms with Gasteiger partial charge in [-0.1, -0.05) is 115 Å². The van der Waals surface area contributed by atoms with Crippen LogP contribution in [0.15, 0.2) is 158 Å². The molecule has 2 aromatic heterocycles. The van der Waals surface area contributed by atoms with Crippen molar-refractivity contribution in [3.63, 3.8) is 0 Å². The lowest BCUT2D eigenvalue weighted by molar-refractivity contribution is 1.26. The lowest BCUT2D eigenvalue weighted by atomic mass is 9.96. The molecule has 0 saturated heterocycles. The summed E-state index contributed by atoms with van der Waals surface area (Å²) in [5.41, 5.74) is 8.04. The SMILES string of the molecule is c1ccc(-c2ccc(N(c3cc(-c4ccccc4)c4ccccc4c3)c3cnc4sc5ccccc5c4c3)cc2)cc1. The van der Waals surface area contributed by atoms with Crippen molar-refractivity contribution in [1.82, 2.24) is 4.98 Å². The van der Waals surface area contributed by atoms with Crippen molar-refractivity contribution in [1.29, 1.82) is 0 Å². The van der Waals surface area contributed by atoms with Gasteiger partial charge in [-0.3, -0.25) is 0 Å². The molecular weight excluding hydrogens is 529 g/mol. The Morgan fingerprint density at radius 1 is 0.452 bits per heavy atom. The van der Waals surface area contributed by atoms with Gasteiger partial charge in [0.25, 0.3) is 0 Å². The molecule has 0 fully saturated rings. The topological polar surface area (TPSA) is 16.1 Å². The number of aromatic nitrogens is 1. The Kier molecular flexibility index (Phi) is 6.02. The Bertz CT molecular complexity index is 2180. The Labute approximate surface area is 248 Å². The van der Waals surface area contributed by atoms with E-state index in [1.54, 1.807) is 11.3 Å². The molecule has 0 aliphatic heterocycles. The highest BCUT2D eigenvalue weighted by Gasteiger charge is 2.18. The highest BCUT2D eigenvalue weighted by Crippen LogP contribution is 2.42. The zero-order valence-corrected chi connectivity index (χ0v) is 23.6. The van der Waals surface area contributed by atoms with Crippen molar-refractivity contribution in [2.75, 3.05) is 4.90 Å². The first-order valence-corrected chi connectivity index (χ1v) is 14.9. The largest absolute Gasteiger partial charge is 0.309 e. The minimum absolute atomic E-state index is 1.04. The fourth-order valence-corrected chi connectivity index (χ4v) is 6.91. The number of pyridine rings is 1. The van der Waals surface area contributed by atoms with Crippen LogP contribution >= 0.6 is 11.3 Å². The number of hydrogen-bond acceptors (Lipinski definition) is 3. The molecule has 0 saturated carbocycles. The summed E-state index contributed by atoms with van der Waals surface area (Å²) in [4.78, 5) is 8.37. The van der Waals surface area contributed by atoms with E-state index in [4.69, 9.17) is 4.98 Å². The minimum atomic E-state index is 1.04. The van der Waals surface area contributed by atoms with Gasteiger partial charge in [0.1, 0.15) is 4.83 Å². The molecule has 198 valence electrons. The molecule has 0 aliphatic rings. The first kappa shape index (κ1) is 24.5. The predicted molar refractivity (Wildman–Crippen MR) is 180 cm³/mol. The first-order chi connectivity index (χ1) is 20.8. The van der Waals surface area contributed by atoms with Gasteiger partial charge in [0, 0.05) is 26.8 Å². The fraction of sp³-hybridized carbons (Fsp3) is 0. The summed E-state index contributed by atoms with van der Waals surface area (Å²) in [6.07, 6.45) is 2.01. The molecule has 0 spiro atoms. The summed E-state index contributed by atoms with van der Waals surface area (Å²) in [5, 5.41) is 4.87. The van der Waals surface area contributed by atoms with Crippen LogP contribution < -0.4 is 4.90 Å². The zero-order chi connectivity index (χ0) is 27.9. The predicted octanol–water partition coefficient (Wildman–Crippen LogP) is 11.4. The van der Waals surface area contributed by atoms with E-state index in [0.717, 1.165) is 21.9 Å². The summed E-state index contributed by atoms with van der Waals surface area (Å²) in [6, 6.07) is 54.2. The van der Waals surface area contributed by atoms with Gasteiger partial charge in [0.2, 0.25) is 0 Å². The molecule has 0 unspecified atom stereocenters. The van der Waals surface area contributed by atoms with Crippen molar-refractivity contribution >= 4 is 59.5 Å². The van der Waals surface area contributed by atoms with Gasteiger partial charge in [-0.2, -0.15) is 0 Å². The second-order valence-corrected chi connectivity index (χ2v) is 11.5. The summed E-state index contributed by atoms with van der Waals surface area (Å²) in [7, 11) is 0. The van der Waals surface area contributed by atoms with Gasteiger partial charge in [-0.25, -0.2) is 4.98 Å². The van der Waals surface area contributed by atoms with Crippen molar-refractivity contribution in [2.45, 2.75) is 0 Å². The van der Waals surface area contributed by atoms with E-state index in [9.17, 15) is 0 Å². The van der Waals surface area contributed by atoms with E-state index in [0.29, 0.717) is 0 Å². The third-order valence-corrected chi connectivity index (χ3v) is 9.00. The van der Waals surface area contributed by atoms with E-state index < -0.39 is 0 Å². The van der Waals surface area contributed by atoms with Crippen LogP contribution in [0.4, 0.5) is 17.1 Å². The van der Waals surface area contributed by atoms with Crippen molar-refractivity contribution in [2.24, 2.45) is 0 Å². The number of thiophene rings is 1. The van der Waals surface area contributed by atoms with E-state index >= 15 is 0 Å². The summed E-state index contributed by atoms with van der Waals surface area (Å²) in [6.45, 7) is 0. The number of benzene rings is 6. The average molecular weight is 555 g/mol. The molecule has 0 amide bonds. The second kappa shape index (κ2) is 10.3. The summed E-state index contributed by atoms with van der Waals surface area (Å²) < 4.78 is 1.26. The Balaban J connectivity index is 1.36. The van der Waals surface area contributed by atoms with Crippen molar-refractivity contribution < 1.29 is 0 Å². The maximum Gasteiger partial charge on any atom is 0.124 e. The van der Waals surface area contributed by atoms with Gasteiger partial charge in [-0.05, 0) is 69.4 Å². The van der Waals surface area contributed by atoms with E-state index in [1.807, 2.05) is 6.20 Å². The van der Waals surface area contributed by atoms with Crippen LogP contribution in [0.2, 0.25) is 0 Å².